The molecule has 2 aromatic rings. The van der Waals surface area contributed by atoms with Gasteiger partial charge in [0.15, 0.2) is 0 Å². The maximum atomic E-state index is 12.0. The van der Waals surface area contributed by atoms with E-state index in [-0.39, 0.29) is 5.97 Å². The third-order valence-corrected chi connectivity index (χ3v) is 3.85. The van der Waals surface area contributed by atoms with E-state index in [1.54, 1.807) is 36.4 Å². The quantitative estimate of drug-likeness (QED) is 0.277. The second kappa shape index (κ2) is 8.78. The highest BCUT2D eigenvalue weighted by Gasteiger charge is 2.08. The van der Waals surface area contributed by atoms with Gasteiger partial charge in [-0.25, -0.2) is 4.79 Å². The van der Waals surface area contributed by atoms with Crippen molar-refractivity contribution < 1.29 is 14.3 Å². The fourth-order valence-electron chi connectivity index (χ4n) is 1.90. The van der Waals surface area contributed by atoms with Crippen LogP contribution < -0.4 is 9.47 Å². The van der Waals surface area contributed by atoms with Crippen molar-refractivity contribution >= 4 is 28.6 Å². The number of rotatable bonds is 7. The number of esters is 1. The van der Waals surface area contributed by atoms with Gasteiger partial charge in [-0.2, -0.15) is 0 Å². The zero-order chi connectivity index (χ0) is 15.8. The number of hydrogen-bond donors (Lipinski definition) is 0. The van der Waals surface area contributed by atoms with Crippen LogP contribution in [0.2, 0.25) is 0 Å². The molecule has 0 unspecified atom stereocenters. The summed E-state index contributed by atoms with van der Waals surface area (Å²) in [5.74, 6) is 0.964. The lowest BCUT2D eigenvalue weighted by atomic mass is 10.2. The molecule has 0 radical (unpaired) electrons. The molecule has 0 aliphatic heterocycles. The van der Waals surface area contributed by atoms with Crippen LogP contribution >= 0.6 is 22.6 Å². The first kappa shape index (κ1) is 16.8. The van der Waals surface area contributed by atoms with Gasteiger partial charge in [0, 0.05) is 3.57 Å². The molecule has 3 nitrogen and oxygen atoms in total. The Balaban J connectivity index is 1.89. The number of carbonyl (C=O) groups excluding carboxylic acids is 1. The number of halogens is 1. The van der Waals surface area contributed by atoms with E-state index >= 15 is 0 Å². The number of unbranched alkanes of at least 4 members (excludes halogenated alkanes) is 2. The Kier molecular flexibility index (Phi) is 6.71. The second-order valence-corrected chi connectivity index (χ2v) is 6.17. The fraction of sp³-hybridized carbons (Fsp3) is 0.278. The van der Waals surface area contributed by atoms with E-state index in [4.69, 9.17) is 9.47 Å². The number of hydrogen-bond acceptors (Lipinski definition) is 3. The van der Waals surface area contributed by atoms with Crippen LogP contribution in [0.4, 0.5) is 0 Å². The summed E-state index contributed by atoms with van der Waals surface area (Å²) in [4.78, 5) is 12.0. The van der Waals surface area contributed by atoms with Crippen LogP contribution in [0.25, 0.3) is 0 Å². The molecule has 2 aromatic carbocycles. The summed E-state index contributed by atoms with van der Waals surface area (Å²) in [6, 6.07) is 14.4. The minimum atomic E-state index is -0.362. The molecule has 0 N–H and O–H groups in total. The highest BCUT2D eigenvalue weighted by molar-refractivity contribution is 14.1. The maximum absolute atomic E-state index is 12.0. The van der Waals surface area contributed by atoms with Crippen LogP contribution in [0.1, 0.15) is 36.5 Å². The predicted octanol–water partition coefficient (Wildman–Crippen LogP) is 5.08. The lowest BCUT2D eigenvalue weighted by Crippen LogP contribution is -2.08. The fourth-order valence-corrected chi connectivity index (χ4v) is 2.26. The molecule has 0 heterocycles. The van der Waals surface area contributed by atoms with E-state index < -0.39 is 0 Å². The van der Waals surface area contributed by atoms with Crippen LogP contribution in [0, 0.1) is 3.57 Å². The van der Waals surface area contributed by atoms with Crippen LogP contribution in [0.3, 0.4) is 0 Å². The molecule has 0 atom stereocenters. The molecule has 0 aliphatic carbocycles. The first-order valence-corrected chi connectivity index (χ1v) is 8.47. The molecule has 0 saturated carbocycles. The Morgan fingerprint density at radius 2 is 1.59 bits per heavy atom. The molecule has 0 aromatic heterocycles. The van der Waals surface area contributed by atoms with E-state index in [0.29, 0.717) is 17.9 Å². The minimum absolute atomic E-state index is 0.362. The van der Waals surface area contributed by atoms with Gasteiger partial charge in [0.1, 0.15) is 11.5 Å². The third kappa shape index (κ3) is 5.33. The van der Waals surface area contributed by atoms with Crippen molar-refractivity contribution in [3.63, 3.8) is 0 Å². The predicted molar refractivity (Wildman–Crippen MR) is 95.6 cm³/mol. The minimum Gasteiger partial charge on any atom is -0.494 e. The third-order valence-electron chi connectivity index (χ3n) is 3.13. The van der Waals surface area contributed by atoms with Gasteiger partial charge in [-0.15, -0.1) is 0 Å². The Hall–Kier alpha value is -1.56. The average molecular weight is 410 g/mol. The van der Waals surface area contributed by atoms with Crippen LogP contribution in [0.5, 0.6) is 11.5 Å². The summed E-state index contributed by atoms with van der Waals surface area (Å²) < 4.78 is 12.0. The Morgan fingerprint density at radius 1 is 0.955 bits per heavy atom. The number of benzene rings is 2. The van der Waals surface area contributed by atoms with E-state index in [9.17, 15) is 4.79 Å². The molecular weight excluding hydrogens is 391 g/mol. The van der Waals surface area contributed by atoms with Crippen LogP contribution in [-0.2, 0) is 0 Å². The zero-order valence-electron chi connectivity index (χ0n) is 12.5. The highest BCUT2D eigenvalue weighted by atomic mass is 127. The zero-order valence-corrected chi connectivity index (χ0v) is 14.7. The SMILES string of the molecule is CCCCCOc1ccc(C(=O)Oc2ccc(I)cc2)cc1. The maximum Gasteiger partial charge on any atom is 0.343 e. The summed E-state index contributed by atoms with van der Waals surface area (Å²) in [6.45, 7) is 2.87. The number of carbonyl (C=O) groups is 1. The first-order valence-electron chi connectivity index (χ1n) is 7.39. The summed E-state index contributed by atoms with van der Waals surface area (Å²) in [7, 11) is 0. The van der Waals surface area contributed by atoms with Gasteiger partial charge in [0.05, 0.1) is 12.2 Å². The molecule has 22 heavy (non-hydrogen) atoms. The van der Waals surface area contributed by atoms with Gasteiger partial charge >= 0.3 is 5.97 Å². The molecule has 0 bridgehead atoms. The van der Waals surface area contributed by atoms with Gasteiger partial charge in [-0.3, -0.25) is 0 Å². The smallest absolute Gasteiger partial charge is 0.343 e. The summed E-state index contributed by atoms with van der Waals surface area (Å²) in [6.07, 6.45) is 3.39. The van der Waals surface area contributed by atoms with E-state index in [2.05, 4.69) is 29.5 Å². The summed E-state index contributed by atoms with van der Waals surface area (Å²) >= 11 is 2.21. The van der Waals surface area contributed by atoms with Crippen molar-refractivity contribution in [2.45, 2.75) is 26.2 Å². The molecule has 0 saturated heterocycles. The van der Waals surface area contributed by atoms with E-state index in [0.717, 1.165) is 15.7 Å². The van der Waals surface area contributed by atoms with Crippen molar-refractivity contribution in [2.24, 2.45) is 0 Å². The Bertz CT molecular complexity index is 591. The van der Waals surface area contributed by atoms with Gasteiger partial charge in [-0.1, -0.05) is 19.8 Å². The summed E-state index contributed by atoms with van der Waals surface area (Å²) in [5.41, 5.74) is 0.513. The molecule has 2 rings (SSSR count). The lowest BCUT2D eigenvalue weighted by molar-refractivity contribution is 0.0734. The molecule has 0 aliphatic rings. The topological polar surface area (TPSA) is 35.5 Å². The first-order chi connectivity index (χ1) is 10.7. The van der Waals surface area contributed by atoms with Gasteiger partial charge in [0.2, 0.25) is 0 Å². The molecule has 0 spiro atoms. The molecule has 0 fully saturated rings. The molecule has 4 heteroatoms. The van der Waals surface area contributed by atoms with Crippen LogP contribution in [0.15, 0.2) is 48.5 Å². The molecular formula is C18H19IO3. The van der Waals surface area contributed by atoms with Crippen molar-refractivity contribution in [1.29, 1.82) is 0 Å². The van der Waals surface area contributed by atoms with Crippen molar-refractivity contribution in [3.05, 3.63) is 57.7 Å². The van der Waals surface area contributed by atoms with Crippen molar-refractivity contribution in [1.82, 2.24) is 0 Å². The standard InChI is InChI=1S/C18H19IO3/c1-2-3-4-13-21-16-9-5-14(6-10-16)18(20)22-17-11-7-15(19)8-12-17/h5-12H,2-4,13H2,1H3. The Labute approximate surface area is 144 Å². The van der Waals surface area contributed by atoms with Crippen LogP contribution in [-0.4, -0.2) is 12.6 Å². The summed E-state index contributed by atoms with van der Waals surface area (Å²) in [5, 5.41) is 0. The largest absolute Gasteiger partial charge is 0.494 e. The second-order valence-electron chi connectivity index (χ2n) is 4.92. The number of ether oxygens (including phenoxy) is 2. The normalized spacial score (nSPS) is 10.3. The monoisotopic (exact) mass is 410 g/mol. The van der Waals surface area contributed by atoms with Crippen molar-refractivity contribution in [2.75, 3.05) is 6.61 Å². The highest BCUT2D eigenvalue weighted by Crippen LogP contribution is 2.17. The van der Waals surface area contributed by atoms with Crippen molar-refractivity contribution in [3.8, 4) is 11.5 Å². The Morgan fingerprint density at radius 3 is 2.23 bits per heavy atom. The molecule has 116 valence electrons. The molecule has 0 amide bonds. The lowest BCUT2D eigenvalue weighted by Gasteiger charge is -2.07. The van der Waals surface area contributed by atoms with Gasteiger partial charge in [-0.05, 0) is 77.5 Å². The van der Waals surface area contributed by atoms with E-state index in [1.165, 1.54) is 12.8 Å². The van der Waals surface area contributed by atoms with Gasteiger partial charge < -0.3 is 9.47 Å². The average Bonchev–Trinajstić information content (AvgIpc) is 2.54. The van der Waals surface area contributed by atoms with E-state index in [1.807, 2.05) is 12.1 Å². The van der Waals surface area contributed by atoms with Gasteiger partial charge in [0.25, 0.3) is 0 Å².